The Hall–Kier alpha value is -1.45. The SMILES string of the molecule is CC(F)(Cc1cccc(F)c1)C(=O)O. The minimum Gasteiger partial charge on any atom is -0.479 e. The summed E-state index contributed by atoms with van der Waals surface area (Å²) < 4.78 is 26.0. The standard InChI is InChI=1S/C10H10F2O2/c1-10(12,9(13)14)6-7-3-2-4-8(11)5-7/h2-5H,6H2,1H3,(H,13,14). The molecule has 14 heavy (non-hydrogen) atoms. The fourth-order valence-corrected chi connectivity index (χ4v) is 1.11. The summed E-state index contributed by atoms with van der Waals surface area (Å²) in [5, 5.41) is 8.50. The normalized spacial score (nSPS) is 14.8. The van der Waals surface area contributed by atoms with Crippen LogP contribution in [0.5, 0.6) is 0 Å². The molecule has 0 bridgehead atoms. The van der Waals surface area contributed by atoms with Crippen LogP contribution in [0.1, 0.15) is 12.5 Å². The Morgan fingerprint density at radius 2 is 2.21 bits per heavy atom. The molecule has 1 aromatic rings. The molecule has 0 spiro atoms. The van der Waals surface area contributed by atoms with Crippen LogP contribution in [0.3, 0.4) is 0 Å². The van der Waals surface area contributed by atoms with Gasteiger partial charge in [-0.1, -0.05) is 12.1 Å². The third-order valence-corrected chi connectivity index (χ3v) is 1.87. The zero-order valence-corrected chi connectivity index (χ0v) is 7.63. The monoisotopic (exact) mass is 200 g/mol. The first kappa shape index (κ1) is 10.6. The molecule has 0 fully saturated rings. The van der Waals surface area contributed by atoms with Crippen LogP contribution in [0.15, 0.2) is 24.3 Å². The molecule has 1 aromatic carbocycles. The summed E-state index contributed by atoms with van der Waals surface area (Å²) in [4.78, 5) is 10.4. The summed E-state index contributed by atoms with van der Waals surface area (Å²) in [6, 6.07) is 5.26. The number of benzene rings is 1. The van der Waals surface area contributed by atoms with Gasteiger partial charge in [-0.15, -0.1) is 0 Å². The van der Waals surface area contributed by atoms with E-state index in [4.69, 9.17) is 5.11 Å². The van der Waals surface area contributed by atoms with E-state index >= 15 is 0 Å². The number of halogens is 2. The lowest BCUT2D eigenvalue weighted by molar-refractivity contribution is -0.149. The van der Waals surface area contributed by atoms with E-state index in [0.29, 0.717) is 5.56 Å². The van der Waals surface area contributed by atoms with Crippen molar-refractivity contribution in [3.8, 4) is 0 Å². The predicted octanol–water partition coefficient (Wildman–Crippen LogP) is 2.18. The third-order valence-electron chi connectivity index (χ3n) is 1.87. The van der Waals surface area contributed by atoms with Gasteiger partial charge in [0.2, 0.25) is 5.67 Å². The highest BCUT2D eigenvalue weighted by Crippen LogP contribution is 2.18. The van der Waals surface area contributed by atoms with Gasteiger partial charge in [0.05, 0.1) is 0 Å². The lowest BCUT2D eigenvalue weighted by atomic mass is 9.98. The number of carboxylic acid groups (broad SMARTS) is 1. The number of hydrogen-bond acceptors (Lipinski definition) is 1. The Morgan fingerprint density at radius 3 is 2.71 bits per heavy atom. The number of carbonyl (C=O) groups is 1. The molecule has 0 aliphatic heterocycles. The third kappa shape index (κ3) is 2.52. The number of hydrogen-bond donors (Lipinski definition) is 1. The van der Waals surface area contributed by atoms with Crippen LogP contribution in [0.4, 0.5) is 8.78 Å². The van der Waals surface area contributed by atoms with Crippen LogP contribution in [0.25, 0.3) is 0 Å². The van der Waals surface area contributed by atoms with Crippen LogP contribution >= 0.6 is 0 Å². The molecule has 0 aliphatic rings. The van der Waals surface area contributed by atoms with Crippen molar-refractivity contribution in [3.05, 3.63) is 35.6 Å². The molecule has 0 saturated carbocycles. The molecular weight excluding hydrogens is 190 g/mol. The maximum Gasteiger partial charge on any atom is 0.341 e. The van der Waals surface area contributed by atoms with Crippen molar-refractivity contribution in [1.82, 2.24) is 0 Å². The van der Waals surface area contributed by atoms with Gasteiger partial charge < -0.3 is 5.11 Å². The second-order valence-corrected chi connectivity index (χ2v) is 3.31. The molecule has 0 aliphatic carbocycles. The summed E-state index contributed by atoms with van der Waals surface area (Å²) >= 11 is 0. The number of aliphatic carboxylic acids is 1. The second-order valence-electron chi connectivity index (χ2n) is 3.31. The summed E-state index contributed by atoms with van der Waals surface area (Å²) in [5.41, 5.74) is -2.02. The van der Waals surface area contributed by atoms with Gasteiger partial charge in [0.25, 0.3) is 0 Å². The average molecular weight is 200 g/mol. The largest absolute Gasteiger partial charge is 0.479 e. The van der Waals surface area contributed by atoms with Crippen molar-refractivity contribution in [3.63, 3.8) is 0 Å². The maximum atomic E-state index is 13.3. The highest BCUT2D eigenvalue weighted by Gasteiger charge is 2.32. The van der Waals surface area contributed by atoms with E-state index in [1.807, 2.05) is 0 Å². The summed E-state index contributed by atoms with van der Waals surface area (Å²) in [7, 11) is 0. The molecule has 0 aromatic heterocycles. The van der Waals surface area contributed by atoms with E-state index in [1.54, 1.807) is 0 Å². The van der Waals surface area contributed by atoms with Crippen LogP contribution in [-0.4, -0.2) is 16.7 Å². The van der Waals surface area contributed by atoms with Gasteiger partial charge in [-0.25, -0.2) is 13.6 Å². The Bertz CT molecular complexity index is 348. The topological polar surface area (TPSA) is 37.3 Å². The molecular formula is C10H10F2O2. The lowest BCUT2D eigenvalue weighted by Crippen LogP contribution is -2.32. The van der Waals surface area contributed by atoms with E-state index < -0.39 is 17.5 Å². The van der Waals surface area contributed by atoms with Gasteiger partial charge in [-0.05, 0) is 24.6 Å². The predicted molar refractivity (Wildman–Crippen MR) is 47.3 cm³/mol. The molecule has 1 unspecified atom stereocenters. The Kier molecular flexibility index (Phi) is 2.84. The minimum atomic E-state index is -2.35. The summed E-state index contributed by atoms with van der Waals surface area (Å²) in [6.07, 6.45) is -0.333. The molecule has 1 rings (SSSR count). The van der Waals surface area contributed by atoms with Gasteiger partial charge in [0.1, 0.15) is 5.82 Å². The number of alkyl halides is 1. The zero-order chi connectivity index (χ0) is 10.8. The second kappa shape index (κ2) is 3.74. The zero-order valence-electron chi connectivity index (χ0n) is 7.63. The van der Waals surface area contributed by atoms with E-state index in [0.717, 1.165) is 13.0 Å². The van der Waals surface area contributed by atoms with Gasteiger partial charge in [0.15, 0.2) is 0 Å². The minimum absolute atomic E-state index is 0.331. The van der Waals surface area contributed by atoms with E-state index in [2.05, 4.69) is 0 Å². The van der Waals surface area contributed by atoms with Crippen molar-refractivity contribution in [1.29, 1.82) is 0 Å². The number of rotatable bonds is 3. The van der Waals surface area contributed by atoms with E-state index in [-0.39, 0.29) is 6.42 Å². The summed E-state index contributed by atoms with van der Waals surface area (Å²) in [6.45, 7) is 0.959. The van der Waals surface area contributed by atoms with Crippen LogP contribution in [0, 0.1) is 5.82 Å². The Morgan fingerprint density at radius 1 is 1.57 bits per heavy atom. The van der Waals surface area contributed by atoms with Gasteiger partial charge >= 0.3 is 5.97 Å². The smallest absolute Gasteiger partial charge is 0.341 e. The fourth-order valence-electron chi connectivity index (χ4n) is 1.11. The van der Waals surface area contributed by atoms with Crippen molar-refractivity contribution in [2.24, 2.45) is 0 Å². The average Bonchev–Trinajstić information content (AvgIpc) is 2.02. The first-order chi connectivity index (χ1) is 6.42. The molecule has 4 heteroatoms. The van der Waals surface area contributed by atoms with Crippen LogP contribution < -0.4 is 0 Å². The van der Waals surface area contributed by atoms with Crippen LogP contribution in [-0.2, 0) is 11.2 Å². The molecule has 0 heterocycles. The summed E-state index contributed by atoms with van der Waals surface area (Å²) in [5.74, 6) is -2.04. The molecule has 0 radical (unpaired) electrons. The highest BCUT2D eigenvalue weighted by molar-refractivity contribution is 5.77. The molecule has 1 atom stereocenters. The van der Waals surface area contributed by atoms with Crippen molar-refractivity contribution < 1.29 is 18.7 Å². The fraction of sp³-hybridized carbons (Fsp3) is 0.300. The maximum absolute atomic E-state index is 13.3. The first-order valence-corrected chi connectivity index (χ1v) is 4.08. The van der Waals surface area contributed by atoms with Gasteiger partial charge in [0, 0.05) is 6.42 Å². The van der Waals surface area contributed by atoms with Crippen molar-refractivity contribution in [2.75, 3.05) is 0 Å². The first-order valence-electron chi connectivity index (χ1n) is 4.08. The van der Waals surface area contributed by atoms with Gasteiger partial charge in [-0.3, -0.25) is 0 Å². The molecule has 0 amide bonds. The highest BCUT2D eigenvalue weighted by atomic mass is 19.1. The Labute approximate surface area is 80.2 Å². The molecule has 1 N–H and O–H groups in total. The van der Waals surface area contributed by atoms with E-state index in [9.17, 15) is 13.6 Å². The molecule has 2 nitrogen and oxygen atoms in total. The van der Waals surface area contributed by atoms with Gasteiger partial charge in [-0.2, -0.15) is 0 Å². The van der Waals surface area contributed by atoms with Crippen LogP contribution in [0.2, 0.25) is 0 Å². The van der Waals surface area contributed by atoms with Crippen molar-refractivity contribution in [2.45, 2.75) is 19.0 Å². The number of carboxylic acids is 1. The van der Waals surface area contributed by atoms with E-state index in [1.165, 1.54) is 18.2 Å². The lowest BCUT2D eigenvalue weighted by Gasteiger charge is -2.14. The quantitative estimate of drug-likeness (QED) is 0.811. The Balaban J connectivity index is 2.83. The van der Waals surface area contributed by atoms with Crippen molar-refractivity contribution >= 4 is 5.97 Å². The molecule has 0 saturated heterocycles. The molecule has 76 valence electrons.